The van der Waals surface area contributed by atoms with Crippen molar-refractivity contribution >= 4 is 27.8 Å². The Kier molecular flexibility index (Phi) is 7.00. The van der Waals surface area contributed by atoms with Crippen LogP contribution in [0.25, 0.3) is 55.4 Å². The van der Waals surface area contributed by atoms with Gasteiger partial charge in [-0.25, -0.2) is 0 Å². The molecule has 8 aromatic carbocycles. The number of hydrogen-bond donors (Lipinski definition) is 0. The highest BCUT2D eigenvalue weighted by atomic mass is 16.5. The van der Waals surface area contributed by atoms with Crippen molar-refractivity contribution in [3.63, 3.8) is 0 Å². The molecule has 2 aliphatic carbocycles. The van der Waals surface area contributed by atoms with Gasteiger partial charge in [-0.15, -0.1) is 0 Å². The van der Waals surface area contributed by atoms with Gasteiger partial charge in [0.05, 0.1) is 11.1 Å². The summed E-state index contributed by atoms with van der Waals surface area (Å²) in [4.78, 5) is 5.52. The van der Waals surface area contributed by atoms with Crippen molar-refractivity contribution < 1.29 is 4.74 Å². The van der Waals surface area contributed by atoms with Crippen molar-refractivity contribution in [3.8, 4) is 44.9 Å². The minimum atomic E-state index is -0.486. The molecule has 11 rings (SSSR count). The molecule has 55 heavy (non-hydrogen) atoms. The highest BCUT2D eigenvalue weighted by Gasteiger charge is 2.50. The van der Waals surface area contributed by atoms with Crippen LogP contribution >= 0.6 is 0 Å². The normalized spacial score (nSPS) is 14.4. The zero-order valence-electron chi connectivity index (χ0n) is 30.8. The number of ether oxygens (including phenoxy) is 1. The van der Waals surface area contributed by atoms with Crippen LogP contribution < -0.4 is 4.74 Å². The Bertz CT molecular complexity index is 2900. The van der Waals surface area contributed by atoms with Crippen molar-refractivity contribution in [2.24, 2.45) is 4.99 Å². The molecule has 0 unspecified atom stereocenters. The van der Waals surface area contributed by atoms with Crippen LogP contribution in [-0.2, 0) is 5.41 Å². The van der Waals surface area contributed by atoms with Gasteiger partial charge in [0.2, 0.25) is 0 Å². The molecule has 0 bridgehead atoms. The Morgan fingerprint density at radius 1 is 0.473 bits per heavy atom. The van der Waals surface area contributed by atoms with Gasteiger partial charge in [0, 0.05) is 22.4 Å². The van der Waals surface area contributed by atoms with E-state index in [2.05, 4.69) is 190 Å². The second-order valence-corrected chi connectivity index (χ2v) is 14.9. The lowest BCUT2D eigenvalue weighted by Gasteiger charge is -2.39. The van der Waals surface area contributed by atoms with Gasteiger partial charge in [0.1, 0.15) is 11.5 Å². The number of fused-ring (bicyclic) bond motifs is 12. The van der Waals surface area contributed by atoms with E-state index < -0.39 is 5.41 Å². The molecular weight excluding hydrogens is 667 g/mol. The van der Waals surface area contributed by atoms with E-state index in [0.717, 1.165) is 51.6 Å². The monoisotopic (exact) mass is 703 g/mol. The molecule has 0 saturated heterocycles. The molecule has 0 N–H and O–H groups in total. The van der Waals surface area contributed by atoms with E-state index in [4.69, 9.17) is 9.73 Å². The minimum Gasteiger partial charge on any atom is -0.457 e. The summed E-state index contributed by atoms with van der Waals surface area (Å²) in [6.07, 6.45) is 0.800. The molecule has 0 aromatic heterocycles. The fourth-order valence-electron chi connectivity index (χ4n) is 9.71. The van der Waals surface area contributed by atoms with Crippen LogP contribution in [0.15, 0.2) is 181 Å². The third-order valence-electron chi connectivity index (χ3n) is 12.1. The number of para-hydroxylation sites is 1. The van der Waals surface area contributed by atoms with E-state index in [1.165, 1.54) is 66.4 Å². The van der Waals surface area contributed by atoms with Gasteiger partial charge in [0.15, 0.2) is 0 Å². The van der Waals surface area contributed by atoms with Crippen LogP contribution in [0.2, 0.25) is 0 Å². The predicted octanol–water partition coefficient (Wildman–Crippen LogP) is 13.7. The number of aliphatic imine (C=N–C) groups is 1. The predicted molar refractivity (Wildman–Crippen MR) is 228 cm³/mol. The van der Waals surface area contributed by atoms with Crippen molar-refractivity contribution in [2.45, 2.75) is 25.7 Å². The van der Waals surface area contributed by atoms with E-state index in [1.54, 1.807) is 0 Å². The lowest BCUT2D eigenvalue weighted by atomic mass is 9.66. The van der Waals surface area contributed by atoms with Gasteiger partial charge in [-0.3, -0.25) is 4.99 Å². The summed E-state index contributed by atoms with van der Waals surface area (Å²) in [5.74, 6) is 1.78. The Hall–Kier alpha value is -6.77. The second kappa shape index (κ2) is 12.1. The van der Waals surface area contributed by atoms with Gasteiger partial charge in [0.25, 0.3) is 0 Å². The average Bonchev–Trinajstić information content (AvgIpc) is 3.72. The third-order valence-corrected chi connectivity index (χ3v) is 12.1. The van der Waals surface area contributed by atoms with Crippen LogP contribution in [0.1, 0.15) is 59.2 Å². The van der Waals surface area contributed by atoms with Gasteiger partial charge in [-0.1, -0.05) is 165 Å². The first-order valence-electron chi connectivity index (χ1n) is 19.3. The van der Waals surface area contributed by atoms with Crippen LogP contribution in [0.5, 0.6) is 11.5 Å². The average molecular weight is 704 g/mol. The molecule has 0 radical (unpaired) electrons. The molecule has 2 heteroatoms. The molecule has 1 heterocycles. The van der Waals surface area contributed by atoms with Crippen LogP contribution in [0.4, 0.5) is 0 Å². The Morgan fingerprint density at radius 2 is 1.07 bits per heavy atom. The van der Waals surface area contributed by atoms with Crippen molar-refractivity contribution in [1.82, 2.24) is 0 Å². The lowest BCUT2D eigenvalue weighted by Crippen LogP contribution is -2.32. The van der Waals surface area contributed by atoms with Gasteiger partial charge < -0.3 is 4.74 Å². The number of hydrogen-bond acceptors (Lipinski definition) is 2. The van der Waals surface area contributed by atoms with Crippen LogP contribution in [-0.4, -0.2) is 5.71 Å². The molecule has 2 nitrogen and oxygen atoms in total. The maximum Gasteiger partial charge on any atom is 0.132 e. The van der Waals surface area contributed by atoms with Gasteiger partial charge in [-0.2, -0.15) is 0 Å². The first-order chi connectivity index (χ1) is 27.1. The molecule has 3 aliphatic rings. The van der Waals surface area contributed by atoms with Crippen LogP contribution in [0.3, 0.4) is 0 Å². The molecule has 260 valence electrons. The second-order valence-electron chi connectivity index (χ2n) is 14.9. The first kappa shape index (κ1) is 31.7. The van der Waals surface area contributed by atoms with Gasteiger partial charge in [-0.05, 0) is 104 Å². The smallest absolute Gasteiger partial charge is 0.132 e. The Balaban J connectivity index is 1.09. The summed E-state index contributed by atoms with van der Waals surface area (Å²) < 4.78 is 6.90. The summed E-state index contributed by atoms with van der Waals surface area (Å²) in [5, 5.41) is 2.62. The summed E-state index contributed by atoms with van der Waals surface area (Å²) >= 11 is 0. The summed E-state index contributed by atoms with van der Waals surface area (Å²) in [6.45, 7) is 4.38. The first-order valence-corrected chi connectivity index (χ1v) is 19.3. The third kappa shape index (κ3) is 4.52. The summed E-state index contributed by atoms with van der Waals surface area (Å²) in [6, 6.07) is 63.9. The maximum absolute atomic E-state index is 6.90. The van der Waals surface area contributed by atoms with E-state index >= 15 is 0 Å². The summed E-state index contributed by atoms with van der Waals surface area (Å²) in [7, 11) is 0. The number of allylic oxidation sites excluding steroid dienone is 1. The number of benzene rings is 8. The minimum absolute atomic E-state index is 0.486. The SMILES string of the molecule is CC/C(=C(\N=C(/C)c1ccc2c(c1)-c1cccc3cccc-2c13)c1ccccc1)c1ccc2c(c1)Oc1ccccc1C21c2ccccc2-c2ccccc21. The standard InChI is InChI=1S/C53H37NO/c1-3-38(52(35-15-5-4-6-16-35)54-33(2)36-27-29-39-42-21-13-17-34-18-14-22-43(51(34)42)44(39)31-36)37-28-30-48-50(32-37)55-49-26-12-11-25-47(49)53(48)45-23-9-7-19-40(45)41-20-8-10-24-46(41)53/h4-32H,3H2,1-2H3/b52-38+,54-33+. The van der Waals surface area contributed by atoms with Crippen LogP contribution in [0, 0.1) is 0 Å². The molecular formula is C53H37NO. The highest BCUT2D eigenvalue weighted by molar-refractivity contribution is 6.16. The van der Waals surface area contributed by atoms with Crippen molar-refractivity contribution in [3.05, 3.63) is 215 Å². The fraction of sp³-hybridized carbons (Fsp3) is 0.0755. The zero-order valence-corrected chi connectivity index (χ0v) is 30.8. The highest BCUT2D eigenvalue weighted by Crippen LogP contribution is 2.62. The largest absolute Gasteiger partial charge is 0.457 e. The molecule has 1 spiro atoms. The lowest BCUT2D eigenvalue weighted by molar-refractivity contribution is 0.436. The molecule has 0 saturated carbocycles. The molecule has 8 aromatic rings. The Morgan fingerprint density at radius 3 is 1.80 bits per heavy atom. The van der Waals surface area contributed by atoms with Crippen molar-refractivity contribution in [1.29, 1.82) is 0 Å². The number of rotatable bonds is 5. The fourth-order valence-corrected chi connectivity index (χ4v) is 9.71. The topological polar surface area (TPSA) is 21.6 Å². The summed E-state index contributed by atoms with van der Waals surface area (Å²) in [5.41, 5.74) is 18.7. The molecule has 0 amide bonds. The number of nitrogens with zero attached hydrogens (tertiary/aromatic N) is 1. The van der Waals surface area contributed by atoms with E-state index in [9.17, 15) is 0 Å². The van der Waals surface area contributed by atoms with E-state index in [1.807, 2.05) is 0 Å². The van der Waals surface area contributed by atoms with Crippen molar-refractivity contribution in [2.75, 3.05) is 0 Å². The molecule has 1 aliphatic heterocycles. The molecule has 0 atom stereocenters. The Labute approximate surface area is 321 Å². The quantitative estimate of drug-likeness (QED) is 0.129. The molecule has 0 fully saturated rings. The van der Waals surface area contributed by atoms with E-state index in [0.29, 0.717) is 0 Å². The zero-order chi connectivity index (χ0) is 36.7. The van der Waals surface area contributed by atoms with Gasteiger partial charge >= 0.3 is 0 Å². The van der Waals surface area contributed by atoms with E-state index in [-0.39, 0.29) is 0 Å². The maximum atomic E-state index is 6.90.